The molecule has 18 heteroatoms. The average molecular weight is 860 g/mol. The quantitative estimate of drug-likeness (QED) is 0.0543. The van der Waals surface area contributed by atoms with Crippen molar-refractivity contribution >= 4 is 55.0 Å². The maximum atomic E-state index is 14.0. The minimum absolute atomic E-state index is 0. The third kappa shape index (κ3) is 10.3. The summed E-state index contributed by atoms with van der Waals surface area (Å²) in [6.07, 6.45) is 6.22. The molecule has 5 rings (SSSR count). The number of carbonyl (C=O) groups excluding carboxylic acids is 3. The number of hydrogen-bond acceptors (Lipinski definition) is 12. The summed E-state index contributed by atoms with van der Waals surface area (Å²) in [5, 5.41) is 21.9. The Morgan fingerprint density at radius 3 is 1.95 bits per heavy atom. The Balaban J connectivity index is 0.00000420. The van der Waals surface area contributed by atoms with Crippen LogP contribution < -0.4 is 124 Å². The van der Waals surface area contributed by atoms with Crippen molar-refractivity contribution in [2.75, 3.05) is 18.0 Å². The van der Waals surface area contributed by atoms with E-state index in [4.69, 9.17) is 5.73 Å². The van der Waals surface area contributed by atoms with E-state index in [9.17, 15) is 50.5 Å². The molecule has 290 valence electrons. The largest absolute Gasteiger partial charge is 1.00 e. The number of nitrogens with two attached hydrogens (primary N) is 1. The molecule has 1 aliphatic carbocycles. The van der Waals surface area contributed by atoms with Crippen LogP contribution >= 0.6 is 0 Å². The van der Waals surface area contributed by atoms with E-state index in [1.165, 1.54) is 24.3 Å². The van der Waals surface area contributed by atoms with E-state index in [1.807, 2.05) is 37.2 Å². The number of rotatable bonds is 16. The number of ketones is 1. The summed E-state index contributed by atoms with van der Waals surface area (Å²) in [6.45, 7) is 8.20. The van der Waals surface area contributed by atoms with Gasteiger partial charge in [-0.25, -0.2) is 8.42 Å². The van der Waals surface area contributed by atoms with Crippen molar-refractivity contribution in [3.05, 3.63) is 82.2 Å². The van der Waals surface area contributed by atoms with Crippen molar-refractivity contribution in [2.45, 2.75) is 99.7 Å². The van der Waals surface area contributed by atoms with E-state index in [1.54, 1.807) is 24.3 Å². The van der Waals surface area contributed by atoms with Crippen LogP contribution in [0.2, 0.25) is 0 Å². The third-order valence-electron chi connectivity index (χ3n) is 10.5. The van der Waals surface area contributed by atoms with Crippen molar-refractivity contribution in [3.8, 4) is 0 Å². The second-order valence-corrected chi connectivity index (χ2v) is 17.6. The van der Waals surface area contributed by atoms with Crippen molar-refractivity contribution in [1.29, 1.82) is 0 Å². The predicted molar refractivity (Wildman–Crippen MR) is 193 cm³/mol. The zero-order valence-electron chi connectivity index (χ0n) is 32.5. The van der Waals surface area contributed by atoms with Crippen LogP contribution in [0.4, 0.5) is 11.4 Å². The van der Waals surface area contributed by atoms with Crippen LogP contribution in [0.15, 0.2) is 80.9 Å². The molecule has 0 unspecified atom stereocenters. The Morgan fingerprint density at radius 1 is 0.821 bits per heavy atom. The number of anilines is 1. The van der Waals surface area contributed by atoms with Gasteiger partial charge in [0.2, 0.25) is 5.69 Å². The van der Waals surface area contributed by atoms with Gasteiger partial charge < -0.3 is 35.0 Å². The number of carboxylic acid groups (broad SMARTS) is 2. The van der Waals surface area contributed by atoms with Gasteiger partial charge in [0, 0.05) is 65.0 Å². The smallest absolute Gasteiger partial charge is 0.744 e. The van der Waals surface area contributed by atoms with Crippen LogP contribution in [-0.4, -0.2) is 67.0 Å². The Labute approximate surface area is 412 Å². The molecule has 0 bridgehead atoms. The number of nitrogens with zero attached hydrogens (tertiary/aromatic N) is 2. The second kappa shape index (κ2) is 18.9. The number of carbonyl (C=O) groups is 3. The average Bonchev–Trinajstić information content (AvgIpc) is 3.41. The first-order valence-electron chi connectivity index (χ1n) is 17.6. The Bertz CT molecular complexity index is 2300. The minimum atomic E-state index is -4.77. The molecule has 14 nitrogen and oxygen atoms in total. The molecular formula is C38H43K2N3O11S2. The van der Waals surface area contributed by atoms with Gasteiger partial charge in [-0.05, 0) is 94.3 Å². The van der Waals surface area contributed by atoms with E-state index in [-0.39, 0.29) is 143 Å². The first-order valence-corrected chi connectivity index (χ1v) is 20.4. The van der Waals surface area contributed by atoms with Crippen LogP contribution in [0.3, 0.4) is 0 Å². The van der Waals surface area contributed by atoms with Crippen LogP contribution in [0, 0.1) is 0 Å². The summed E-state index contributed by atoms with van der Waals surface area (Å²) in [5.74, 6) is -2.65. The van der Waals surface area contributed by atoms with Gasteiger partial charge in [-0.3, -0.25) is 9.35 Å². The molecule has 56 heavy (non-hydrogen) atoms. The van der Waals surface area contributed by atoms with E-state index in [2.05, 4.69) is 0 Å². The van der Waals surface area contributed by atoms with Crippen molar-refractivity contribution in [3.63, 3.8) is 0 Å². The number of Topliss-reactive ketones (excluding diaryl/α,β-unsaturated/α-hetero) is 1. The molecule has 3 N–H and O–H groups in total. The molecule has 2 aromatic rings. The molecular weight excluding hydrogens is 817 g/mol. The van der Waals surface area contributed by atoms with Crippen molar-refractivity contribution in [2.24, 2.45) is 5.73 Å². The number of allylic oxidation sites excluding steroid dienone is 5. The fraction of sp³-hybridized carbons (Fsp3) is 0.421. The summed E-state index contributed by atoms with van der Waals surface area (Å²) in [4.78, 5) is 37.1. The first-order chi connectivity index (χ1) is 25.1. The van der Waals surface area contributed by atoms with Crippen molar-refractivity contribution in [1.82, 2.24) is 0 Å². The van der Waals surface area contributed by atoms with Gasteiger partial charge in [0.15, 0.2) is 11.5 Å². The molecule has 0 aromatic heterocycles. The van der Waals surface area contributed by atoms with Gasteiger partial charge in [0.05, 0.1) is 26.5 Å². The Morgan fingerprint density at radius 2 is 1.39 bits per heavy atom. The summed E-state index contributed by atoms with van der Waals surface area (Å²) >= 11 is 0. The Hall–Kier alpha value is -1.37. The molecule has 2 heterocycles. The topological polar surface area (TPSA) is 241 Å². The van der Waals surface area contributed by atoms with Gasteiger partial charge in [-0.2, -0.15) is 13.0 Å². The first kappa shape index (κ1) is 49.0. The molecule has 0 saturated heterocycles. The summed E-state index contributed by atoms with van der Waals surface area (Å²) < 4.78 is 71.6. The molecule has 2 aromatic carbocycles. The number of carboxylic acids is 2. The number of benzene rings is 2. The van der Waals surface area contributed by atoms with E-state index >= 15 is 0 Å². The molecule has 0 radical (unpaired) electrons. The van der Waals surface area contributed by atoms with E-state index < -0.39 is 47.9 Å². The van der Waals surface area contributed by atoms with Gasteiger partial charge in [-0.1, -0.05) is 20.3 Å². The molecule has 0 fully saturated rings. The molecule has 0 amide bonds. The monoisotopic (exact) mass is 859 g/mol. The fourth-order valence-corrected chi connectivity index (χ4v) is 8.50. The van der Waals surface area contributed by atoms with E-state index in [0.717, 1.165) is 0 Å². The number of aliphatic carboxylic acids is 2. The third-order valence-corrected chi connectivity index (χ3v) is 12.2. The maximum Gasteiger partial charge on any atom is 1.00 e. The number of unbranched alkanes of at least 4 members (excludes halogenated alkanes) is 4. The second-order valence-electron chi connectivity index (χ2n) is 14.8. The van der Waals surface area contributed by atoms with Crippen LogP contribution in [0.25, 0.3) is 0 Å². The molecule has 3 aliphatic rings. The molecule has 0 atom stereocenters. The van der Waals surface area contributed by atoms with E-state index in [0.29, 0.717) is 85.5 Å². The predicted octanol–water partition coefficient (Wildman–Crippen LogP) is -3.75. The van der Waals surface area contributed by atoms with Gasteiger partial charge >= 0.3 is 103 Å². The van der Waals surface area contributed by atoms with Gasteiger partial charge in [0.1, 0.15) is 16.7 Å². The molecule has 0 spiro atoms. The van der Waals surface area contributed by atoms with Crippen LogP contribution in [0.1, 0.15) is 90.2 Å². The van der Waals surface area contributed by atoms with Crippen LogP contribution in [0.5, 0.6) is 0 Å². The molecule has 2 aliphatic heterocycles. The van der Waals surface area contributed by atoms with Gasteiger partial charge in [0.25, 0.3) is 10.1 Å². The number of hydrogen-bond donors (Lipinski definition) is 2. The summed E-state index contributed by atoms with van der Waals surface area (Å²) in [5.41, 5.74) is 9.25. The molecule has 0 saturated carbocycles. The summed E-state index contributed by atoms with van der Waals surface area (Å²) in [7, 11) is -9.29. The normalized spacial score (nSPS) is 18.4. The zero-order valence-corrected chi connectivity index (χ0v) is 40.4. The maximum absolute atomic E-state index is 14.0. The minimum Gasteiger partial charge on any atom is -0.744 e. The van der Waals surface area contributed by atoms with Crippen LogP contribution in [-0.2, 0) is 45.4 Å². The van der Waals surface area contributed by atoms with Gasteiger partial charge in [-0.15, -0.1) is 0 Å². The summed E-state index contributed by atoms with van der Waals surface area (Å²) in [6, 6.07) is 8.40. The number of fused-ring (bicyclic) bond motifs is 2. The van der Waals surface area contributed by atoms with Crippen molar-refractivity contribution < 1.29 is 158 Å². The Kier molecular flexibility index (Phi) is 16.5. The SMILES string of the molecule is CC1(C)C(=CC2=C(N)C(=CC3=[N+](CCCCCC(=O)[O-])c4ccc(S(=O)(=O)[O-])cc4C3(C)C)C2=O)N(CCCCCC(=O)[O-])c2ccc(S(=O)(=O)O)cc21.[K+].[K+]. The standard InChI is InChI=1S/C38H45N3O11S2.2K/c1-37(2)27-19-23(53(47,48)49)13-15-29(27)40(17-9-5-7-11-33(42)43)31(37)21-25-35(39)26(36(25)46)22-32-38(3,4)28-20-24(54(50,51)52)14-16-30(28)41(32)18-10-6-8-12-34(44)45;;/h13-16,19-22H,5-12,17-18H2,1-4H3,(H5-,39,42,43,44,45,46,47,48,49,50,51,52);;/q;2*+1/p-2. The fourth-order valence-electron chi connectivity index (χ4n) is 7.49. The zero-order chi connectivity index (χ0) is 40.0.